The smallest absolute Gasteiger partial charge is 0.153 e. The van der Waals surface area contributed by atoms with Crippen molar-refractivity contribution in [1.82, 2.24) is 5.16 Å². The second-order valence-electron chi connectivity index (χ2n) is 4.17. The Bertz CT molecular complexity index is 268. The van der Waals surface area contributed by atoms with Gasteiger partial charge in [-0.1, -0.05) is 37.8 Å². The third kappa shape index (κ3) is 4.47. The first kappa shape index (κ1) is 12.2. The molecule has 1 heterocycles. The summed E-state index contributed by atoms with van der Waals surface area (Å²) in [6.07, 6.45) is 7.45. The molecule has 2 N–H and O–H groups in total. The van der Waals surface area contributed by atoms with E-state index < -0.39 is 0 Å². The molecule has 0 aliphatic carbocycles. The highest BCUT2D eigenvalue weighted by Crippen LogP contribution is 2.13. The Kier molecular flexibility index (Phi) is 5.40. The van der Waals surface area contributed by atoms with Crippen molar-refractivity contribution in [2.24, 2.45) is 5.73 Å². The Labute approximate surface area is 92.0 Å². The van der Waals surface area contributed by atoms with Gasteiger partial charge in [0, 0.05) is 6.07 Å². The van der Waals surface area contributed by atoms with Crippen molar-refractivity contribution in [3.8, 4) is 0 Å². The molecule has 0 radical (unpaired) electrons. The van der Waals surface area contributed by atoms with Crippen LogP contribution in [0.1, 0.15) is 63.4 Å². The van der Waals surface area contributed by atoms with E-state index in [4.69, 9.17) is 10.3 Å². The molecule has 0 amide bonds. The van der Waals surface area contributed by atoms with Crippen LogP contribution in [0.3, 0.4) is 0 Å². The third-order valence-corrected chi connectivity index (χ3v) is 2.56. The standard InChI is InChI=1S/C12H22N2O/c1-3-4-5-6-7-8-11-9-12(10(2)13)15-14-11/h9-10H,3-8,13H2,1-2H3. The molecule has 1 unspecified atom stereocenters. The first-order chi connectivity index (χ1) is 7.24. The van der Waals surface area contributed by atoms with E-state index in [0.717, 1.165) is 17.9 Å². The highest BCUT2D eigenvalue weighted by atomic mass is 16.5. The zero-order valence-electron chi connectivity index (χ0n) is 9.83. The maximum absolute atomic E-state index is 5.69. The number of nitrogens with two attached hydrogens (primary N) is 1. The van der Waals surface area contributed by atoms with Gasteiger partial charge in [-0.25, -0.2) is 0 Å². The molecular weight excluding hydrogens is 188 g/mol. The largest absolute Gasteiger partial charge is 0.359 e. The van der Waals surface area contributed by atoms with E-state index in [9.17, 15) is 0 Å². The van der Waals surface area contributed by atoms with Crippen molar-refractivity contribution in [3.05, 3.63) is 17.5 Å². The van der Waals surface area contributed by atoms with Gasteiger partial charge < -0.3 is 10.3 Å². The summed E-state index contributed by atoms with van der Waals surface area (Å²) >= 11 is 0. The van der Waals surface area contributed by atoms with Gasteiger partial charge in [0.1, 0.15) is 0 Å². The molecule has 0 spiro atoms. The number of unbranched alkanes of at least 4 members (excludes halogenated alkanes) is 4. The first-order valence-corrected chi connectivity index (χ1v) is 5.95. The first-order valence-electron chi connectivity index (χ1n) is 5.95. The van der Waals surface area contributed by atoms with Gasteiger partial charge >= 0.3 is 0 Å². The monoisotopic (exact) mass is 210 g/mol. The van der Waals surface area contributed by atoms with Crippen LogP contribution in [0.15, 0.2) is 10.6 Å². The van der Waals surface area contributed by atoms with Gasteiger partial charge in [0.25, 0.3) is 0 Å². The molecule has 0 aromatic carbocycles. The zero-order chi connectivity index (χ0) is 11.1. The van der Waals surface area contributed by atoms with Gasteiger partial charge in [-0.05, 0) is 19.8 Å². The van der Waals surface area contributed by atoms with E-state index >= 15 is 0 Å². The maximum Gasteiger partial charge on any atom is 0.153 e. The lowest BCUT2D eigenvalue weighted by molar-refractivity contribution is 0.361. The summed E-state index contributed by atoms with van der Waals surface area (Å²) < 4.78 is 5.13. The average Bonchev–Trinajstić information content (AvgIpc) is 2.66. The van der Waals surface area contributed by atoms with Crippen LogP contribution in [-0.2, 0) is 6.42 Å². The minimum atomic E-state index is -0.0497. The maximum atomic E-state index is 5.69. The second-order valence-corrected chi connectivity index (χ2v) is 4.17. The summed E-state index contributed by atoms with van der Waals surface area (Å²) in [5.41, 5.74) is 6.73. The molecule has 0 fully saturated rings. The zero-order valence-corrected chi connectivity index (χ0v) is 9.83. The Morgan fingerprint density at radius 3 is 2.67 bits per heavy atom. The van der Waals surface area contributed by atoms with Crippen LogP contribution in [0.5, 0.6) is 0 Å². The normalized spacial score (nSPS) is 13.0. The predicted molar refractivity (Wildman–Crippen MR) is 61.6 cm³/mol. The van der Waals surface area contributed by atoms with Crippen molar-refractivity contribution < 1.29 is 4.52 Å². The molecule has 0 aliphatic rings. The van der Waals surface area contributed by atoms with Gasteiger partial charge in [0.2, 0.25) is 0 Å². The lowest BCUT2D eigenvalue weighted by Gasteiger charge is -1.97. The molecule has 3 heteroatoms. The Morgan fingerprint density at radius 1 is 1.33 bits per heavy atom. The van der Waals surface area contributed by atoms with Crippen LogP contribution < -0.4 is 5.73 Å². The molecule has 1 aromatic heterocycles. The van der Waals surface area contributed by atoms with Crippen molar-refractivity contribution in [2.45, 2.75) is 58.4 Å². The van der Waals surface area contributed by atoms with E-state index in [2.05, 4.69) is 12.1 Å². The molecule has 3 nitrogen and oxygen atoms in total. The molecule has 1 atom stereocenters. The predicted octanol–water partition coefficient (Wildman–Crippen LogP) is 3.21. The molecule has 0 saturated carbocycles. The number of rotatable bonds is 7. The van der Waals surface area contributed by atoms with Crippen molar-refractivity contribution in [2.75, 3.05) is 0 Å². The van der Waals surface area contributed by atoms with Gasteiger partial charge in [0.05, 0.1) is 11.7 Å². The van der Waals surface area contributed by atoms with Crippen LogP contribution in [-0.4, -0.2) is 5.16 Å². The lowest BCUT2D eigenvalue weighted by Crippen LogP contribution is -2.02. The fraction of sp³-hybridized carbons (Fsp3) is 0.750. The third-order valence-electron chi connectivity index (χ3n) is 2.56. The van der Waals surface area contributed by atoms with Crippen LogP contribution in [0.2, 0.25) is 0 Å². The molecule has 86 valence electrons. The van der Waals surface area contributed by atoms with Gasteiger partial charge in [-0.2, -0.15) is 0 Å². The Morgan fingerprint density at radius 2 is 2.07 bits per heavy atom. The highest BCUT2D eigenvalue weighted by Gasteiger charge is 2.07. The second kappa shape index (κ2) is 6.62. The SMILES string of the molecule is CCCCCCCc1cc(C(C)N)on1. The summed E-state index contributed by atoms with van der Waals surface area (Å²) in [5.74, 6) is 0.790. The number of aryl methyl sites for hydroxylation is 1. The summed E-state index contributed by atoms with van der Waals surface area (Å²) in [4.78, 5) is 0. The molecule has 1 rings (SSSR count). The Hall–Kier alpha value is -0.830. The van der Waals surface area contributed by atoms with E-state index in [1.165, 1.54) is 32.1 Å². The summed E-state index contributed by atoms with van der Waals surface area (Å²) in [7, 11) is 0. The van der Waals surface area contributed by atoms with E-state index in [1.54, 1.807) is 0 Å². The topological polar surface area (TPSA) is 52.0 Å². The minimum Gasteiger partial charge on any atom is -0.359 e. The molecule has 15 heavy (non-hydrogen) atoms. The van der Waals surface area contributed by atoms with Gasteiger partial charge in [0.15, 0.2) is 5.76 Å². The van der Waals surface area contributed by atoms with Crippen LogP contribution in [0.25, 0.3) is 0 Å². The number of aromatic nitrogens is 1. The van der Waals surface area contributed by atoms with Gasteiger partial charge in [-0.3, -0.25) is 0 Å². The van der Waals surface area contributed by atoms with Crippen molar-refractivity contribution in [3.63, 3.8) is 0 Å². The van der Waals surface area contributed by atoms with E-state index in [-0.39, 0.29) is 6.04 Å². The fourth-order valence-corrected chi connectivity index (χ4v) is 1.57. The van der Waals surface area contributed by atoms with Gasteiger partial charge in [-0.15, -0.1) is 0 Å². The summed E-state index contributed by atoms with van der Waals surface area (Å²) in [6, 6.07) is 1.93. The Balaban J connectivity index is 2.20. The molecule has 1 aromatic rings. The number of hydrogen-bond donors (Lipinski definition) is 1. The summed E-state index contributed by atoms with van der Waals surface area (Å²) in [6.45, 7) is 4.14. The van der Waals surface area contributed by atoms with Crippen LogP contribution in [0.4, 0.5) is 0 Å². The van der Waals surface area contributed by atoms with Crippen LogP contribution in [0, 0.1) is 0 Å². The fourth-order valence-electron chi connectivity index (χ4n) is 1.57. The molecule has 0 saturated heterocycles. The number of nitrogens with zero attached hydrogens (tertiary/aromatic N) is 1. The molecule has 0 aliphatic heterocycles. The average molecular weight is 210 g/mol. The molecule has 0 bridgehead atoms. The lowest BCUT2D eigenvalue weighted by atomic mass is 10.1. The van der Waals surface area contributed by atoms with Crippen molar-refractivity contribution >= 4 is 0 Å². The van der Waals surface area contributed by atoms with E-state index in [1.807, 2.05) is 13.0 Å². The highest BCUT2D eigenvalue weighted by molar-refractivity contribution is 5.08. The summed E-state index contributed by atoms with van der Waals surface area (Å²) in [5, 5.41) is 4.00. The van der Waals surface area contributed by atoms with Crippen LogP contribution >= 0.6 is 0 Å². The minimum absolute atomic E-state index is 0.0497. The van der Waals surface area contributed by atoms with Crippen molar-refractivity contribution in [1.29, 1.82) is 0 Å². The molecular formula is C12H22N2O. The van der Waals surface area contributed by atoms with E-state index in [0.29, 0.717) is 0 Å². The number of hydrogen-bond acceptors (Lipinski definition) is 3. The quantitative estimate of drug-likeness (QED) is 0.703.